The molecule has 2 rings (SSSR count). The van der Waals surface area contributed by atoms with Crippen molar-refractivity contribution in [2.45, 2.75) is 19.0 Å². The van der Waals surface area contributed by atoms with Crippen LogP contribution in [0.3, 0.4) is 0 Å². The van der Waals surface area contributed by atoms with E-state index in [1.807, 2.05) is 43.3 Å². The Bertz CT molecular complexity index is 652. The number of nitrogens with one attached hydrogen (secondary N) is 1. The predicted octanol–water partition coefficient (Wildman–Crippen LogP) is 3.21. The number of halogens is 1. The van der Waals surface area contributed by atoms with Gasteiger partial charge in [-0.25, -0.2) is 0 Å². The second-order valence-corrected chi connectivity index (χ2v) is 5.53. The van der Waals surface area contributed by atoms with Gasteiger partial charge < -0.3 is 10.4 Å². The Kier molecular flexibility index (Phi) is 4.98. The molecule has 3 nitrogen and oxygen atoms in total. The fourth-order valence-corrected chi connectivity index (χ4v) is 2.35. The van der Waals surface area contributed by atoms with Crippen LogP contribution in [0.1, 0.15) is 23.6 Å². The number of aliphatic hydroxyl groups is 1. The molecule has 0 aliphatic heterocycles. The lowest BCUT2D eigenvalue weighted by molar-refractivity contribution is 0.173. The Morgan fingerprint density at radius 2 is 1.95 bits per heavy atom. The zero-order valence-corrected chi connectivity index (χ0v) is 12.6. The van der Waals surface area contributed by atoms with Gasteiger partial charge in [0.15, 0.2) is 0 Å². The highest BCUT2D eigenvalue weighted by molar-refractivity contribution is 6.31. The van der Waals surface area contributed by atoms with Crippen molar-refractivity contribution >= 4 is 11.6 Å². The molecule has 108 valence electrons. The lowest BCUT2D eigenvalue weighted by atomic mass is 9.92. The average Bonchev–Trinajstić information content (AvgIpc) is 2.54. The first-order valence-electron chi connectivity index (χ1n) is 6.69. The van der Waals surface area contributed by atoms with Crippen molar-refractivity contribution in [1.82, 2.24) is 5.32 Å². The third kappa shape index (κ3) is 3.62. The van der Waals surface area contributed by atoms with Crippen molar-refractivity contribution in [3.05, 3.63) is 70.2 Å². The molecule has 0 spiro atoms. The maximum Gasteiger partial charge on any atom is 0.0992 e. The number of aliphatic hydroxyl groups excluding tert-OH is 1. The van der Waals surface area contributed by atoms with Gasteiger partial charge in [-0.1, -0.05) is 48.0 Å². The second kappa shape index (κ2) is 6.73. The van der Waals surface area contributed by atoms with Crippen LogP contribution in [0.2, 0.25) is 5.02 Å². The van der Waals surface area contributed by atoms with Crippen LogP contribution in [0.25, 0.3) is 0 Å². The molecule has 1 unspecified atom stereocenters. The van der Waals surface area contributed by atoms with Crippen molar-refractivity contribution in [2.24, 2.45) is 0 Å². The third-order valence-corrected chi connectivity index (χ3v) is 3.93. The van der Waals surface area contributed by atoms with Crippen LogP contribution < -0.4 is 5.32 Å². The summed E-state index contributed by atoms with van der Waals surface area (Å²) in [5.41, 5.74) is 1.90. The van der Waals surface area contributed by atoms with E-state index in [4.69, 9.17) is 16.9 Å². The minimum absolute atomic E-state index is 0.0229. The molecular weight excluding hydrogens is 284 g/mol. The summed E-state index contributed by atoms with van der Waals surface area (Å²) in [5, 5.41) is 22.5. The maximum absolute atomic E-state index is 9.73. The monoisotopic (exact) mass is 300 g/mol. The molecule has 0 amide bonds. The zero-order valence-electron chi connectivity index (χ0n) is 11.8. The summed E-state index contributed by atoms with van der Waals surface area (Å²) in [4.78, 5) is 0. The van der Waals surface area contributed by atoms with Crippen LogP contribution in [-0.4, -0.2) is 11.7 Å². The van der Waals surface area contributed by atoms with Gasteiger partial charge in [-0.2, -0.15) is 5.26 Å². The number of benzene rings is 2. The van der Waals surface area contributed by atoms with Crippen molar-refractivity contribution in [1.29, 1.82) is 5.26 Å². The molecule has 0 saturated carbocycles. The Morgan fingerprint density at radius 1 is 1.24 bits per heavy atom. The lowest BCUT2D eigenvalue weighted by Crippen LogP contribution is -2.42. The molecule has 0 radical (unpaired) electrons. The van der Waals surface area contributed by atoms with Crippen LogP contribution in [-0.2, 0) is 12.1 Å². The van der Waals surface area contributed by atoms with Crippen LogP contribution in [0, 0.1) is 11.3 Å². The summed E-state index contributed by atoms with van der Waals surface area (Å²) in [5.74, 6) is 0. The highest BCUT2D eigenvalue weighted by Gasteiger charge is 2.25. The molecule has 0 aliphatic rings. The van der Waals surface area contributed by atoms with E-state index in [9.17, 15) is 5.11 Å². The Morgan fingerprint density at radius 3 is 2.52 bits per heavy atom. The summed E-state index contributed by atoms with van der Waals surface area (Å²) < 4.78 is 0. The quantitative estimate of drug-likeness (QED) is 0.891. The Balaban J connectivity index is 2.16. The smallest absolute Gasteiger partial charge is 0.0992 e. The summed E-state index contributed by atoms with van der Waals surface area (Å²) in [6, 6.07) is 17.1. The number of hydrogen-bond acceptors (Lipinski definition) is 3. The molecule has 0 fully saturated rings. The molecule has 0 bridgehead atoms. The molecule has 0 aliphatic carbocycles. The average molecular weight is 301 g/mol. The topological polar surface area (TPSA) is 56.0 Å². The standard InChI is InChI=1S/C17H17ClN2O/c1-17(12-21,15-5-3-2-4-6-15)20-11-14-8-7-13(10-19)9-16(14)18/h2-9,20-21H,11-12H2,1H3. The van der Waals surface area contributed by atoms with Crippen LogP contribution >= 0.6 is 11.6 Å². The van der Waals surface area contributed by atoms with Crippen molar-refractivity contribution in [2.75, 3.05) is 6.61 Å². The molecule has 4 heteroatoms. The number of nitriles is 1. The number of rotatable bonds is 5. The van der Waals surface area contributed by atoms with E-state index in [1.54, 1.807) is 12.1 Å². The SMILES string of the molecule is CC(CO)(NCc1ccc(C#N)cc1Cl)c1ccccc1. The number of hydrogen-bond donors (Lipinski definition) is 2. The normalized spacial score (nSPS) is 13.4. The largest absolute Gasteiger partial charge is 0.394 e. The van der Waals surface area contributed by atoms with Gasteiger partial charge in [-0.05, 0) is 30.2 Å². The maximum atomic E-state index is 9.73. The van der Waals surface area contributed by atoms with E-state index in [1.165, 1.54) is 0 Å². The highest BCUT2D eigenvalue weighted by atomic mass is 35.5. The minimum Gasteiger partial charge on any atom is -0.394 e. The zero-order chi connectivity index (χ0) is 15.3. The third-order valence-electron chi connectivity index (χ3n) is 3.58. The second-order valence-electron chi connectivity index (χ2n) is 5.13. The molecule has 0 aromatic heterocycles. The summed E-state index contributed by atoms with van der Waals surface area (Å²) in [6.45, 7) is 2.43. The van der Waals surface area contributed by atoms with Crippen molar-refractivity contribution in [3.8, 4) is 6.07 Å². The lowest BCUT2D eigenvalue weighted by Gasteiger charge is -2.29. The molecule has 2 aromatic rings. The molecule has 0 heterocycles. The fraction of sp³-hybridized carbons (Fsp3) is 0.235. The number of nitrogens with zero attached hydrogens (tertiary/aromatic N) is 1. The van der Waals surface area contributed by atoms with Gasteiger partial charge in [0.1, 0.15) is 0 Å². The van der Waals surface area contributed by atoms with E-state index in [2.05, 4.69) is 11.4 Å². The molecule has 1 atom stereocenters. The summed E-state index contributed by atoms with van der Waals surface area (Å²) >= 11 is 6.17. The predicted molar refractivity (Wildman–Crippen MR) is 83.9 cm³/mol. The van der Waals surface area contributed by atoms with Crippen molar-refractivity contribution in [3.63, 3.8) is 0 Å². The summed E-state index contributed by atoms with van der Waals surface area (Å²) in [6.07, 6.45) is 0. The van der Waals surface area contributed by atoms with Crippen LogP contribution in [0.5, 0.6) is 0 Å². The van der Waals surface area contributed by atoms with Gasteiger partial charge in [-0.3, -0.25) is 0 Å². The van der Waals surface area contributed by atoms with E-state index < -0.39 is 5.54 Å². The molecule has 2 N–H and O–H groups in total. The molecule has 2 aromatic carbocycles. The van der Waals surface area contributed by atoms with Gasteiger partial charge in [0.25, 0.3) is 0 Å². The molecular formula is C17H17ClN2O. The van der Waals surface area contributed by atoms with Gasteiger partial charge in [0.2, 0.25) is 0 Å². The Hall–Kier alpha value is -1.86. The first-order valence-corrected chi connectivity index (χ1v) is 7.07. The van der Waals surface area contributed by atoms with Crippen LogP contribution in [0.15, 0.2) is 48.5 Å². The van der Waals surface area contributed by atoms with E-state index in [0.717, 1.165) is 11.1 Å². The molecule has 0 saturated heterocycles. The van der Waals surface area contributed by atoms with E-state index in [0.29, 0.717) is 17.1 Å². The Labute approximate surface area is 129 Å². The van der Waals surface area contributed by atoms with Gasteiger partial charge in [0, 0.05) is 11.6 Å². The first kappa shape index (κ1) is 15.5. The van der Waals surface area contributed by atoms with Crippen molar-refractivity contribution < 1.29 is 5.11 Å². The van der Waals surface area contributed by atoms with Gasteiger partial charge >= 0.3 is 0 Å². The highest BCUT2D eigenvalue weighted by Crippen LogP contribution is 2.23. The fourth-order valence-electron chi connectivity index (χ4n) is 2.11. The van der Waals surface area contributed by atoms with Gasteiger partial charge in [-0.15, -0.1) is 0 Å². The van der Waals surface area contributed by atoms with E-state index in [-0.39, 0.29) is 6.61 Å². The molecule has 21 heavy (non-hydrogen) atoms. The van der Waals surface area contributed by atoms with Gasteiger partial charge in [0.05, 0.1) is 23.8 Å². The summed E-state index contributed by atoms with van der Waals surface area (Å²) in [7, 11) is 0. The first-order chi connectivity index (χ1) is 10.1. The van der Waals surface area contributed by atoms with Crippen LogP contribution in [0.4, 0.5) is 0 Å². The minimum atomic E-state index is -0.543. The van der Waals surface area contributed by atoms with E-state index >= 15 is 0 Å².